The van der Waals surface area contributed by atoms with Gasteiger partial charge in [-0.25, -0.2) is 4.39 Å². The molecule has 4 heteroatoms. The largest absolute Gasteiger partial charge is 0.310 e. The summed E-state index contributed by atoms with van der Waals surface area (Å²) < 4.78 is 14.5. The molecule has 0 bridgehead atoms. The summed E-state index contributed by atoms with van der Waals surface area (Å²) in [5.41, 5.74) is 1.50. The summed E-state index contributed by atoms with van der Waals surface area (Å²) in [5, 5.41) is 3.20. The van der Waals surface area contributed by atoms with Crippen molar-refractivity contribution in [3.8, 4) is 0 Å². The number of hydrogen-bond acceptors (Lipinski definition) is 1. The number of hydrogen-bond donors (Lipinski definition) is 1. The molecule has 1 fully saturated rings. The van der Waals surface area contributed by atoms with Crippen molar-refractivity contribution < 1.29 is 4.39 Å². The third kappa shape index (κ3) is 2.10. The standard InChI is InChI=1S/C10H11BrFN.ClH/c1-6-4-7(11)5-8(10(6)12)9-2-3-13-9;/h4-5,9,13H,2-3H2,1H3;1H/t9-;/m0./s1. The predicted molar refractivity (Wildman–Crippen MR) is 61.4 cm³/mol. The van der Waals surface area contributed by atoms with Gasteiger partial charge in [-0.05, 0) is 37.6 Å². The van der Waals surface area contributed by atoms with Gasteiger partial charge >= 0.3 is 0 Å². The molecule has 0 spiro atoms. The summed E-state index contributed by atoms with van der Waals surface area (Å²) in [6, 6.07) is 3.88. The Morgan fingerprint density at radius 3 is 2.64 bits per heavy atom. The van der Waals surface area contributed by atoms with Crippen LogP contribution in [0.1, 0.15) is 23.6 Å². The van der Waals surface area contributed by atoms with E-state index in [1.165, 1.54) is 0 Å². The van der Waals surface area contributed by atoms with Gasteiger partial charge in [0.2, 0.25) is 0 Å². The lowest BCUT2D eigenvalue weighted by Crippen LogP contribution is -2.35. The third-order valence-corrected chi connectivity index (χ3v) is 2.90. The molecule has 1 N–H and O–H groups in total. The Kier molecular flexibility index (Phi) is 3.93. The predicted octanol–water partition coefficient (Wildman–Crippen LogP) is 3.35. The van der Waals surface area contributed by atoms with Gasteiger partial charge in [0.15, 0.2) is 0 Å². The van der Waals surface area contributed by atoms with Crippen LogP contribution in [-0.2, 0) is 0 Å². The average Bonchev–Trinajstić information content (AvgIpc) is 1.95. The van der Waals surface area contributed by atoms with E-state index >= 15 is 0 Å². The van der Waals surface area contributed by atoms with Gasteiger partial charge in [-0.3, -0.25) is 0 Å². The molecule has 0 aliphatic carbocycles. The number of rotatable bonds is 1. The van der Waals surface area contributed by atoms with E-state index in [0.717, 1.165) is 23.0 Å². The van der Waals surface area contributed by atoms with Crippen LogP contribution in [0.25, 0.3) is 0 Å². The van der Waals surface area contributed by atoms with Crippen LogP contribution in [0.5, 0.6) is 0 Å². The summed E-state index contributed by atoms with van der Waals surface area (Å²) in [4.78, 5) is 0. The number of nitrogens with one attached hydrogen (secondary N) is 1. The lowest BCUT2D eigenvalue weighted by molar-refractivity contribution is 0.369. The quantitative estimate of drug-likeness (QED) is 0.832. The molecule has 1 aliphatic rings. The van der Waals surface area contributed by atoms with E-state index in [0.29, 0.717) is 5.56 Å². The van der Waals surface area contributed by atoms with Crippen molar-refractivity contribution in [3.05, 3.63) is 33.5 Å². The Morgan fingerprint density at radius 1 is 1.50 bits per heavy atom. The minimum atomic E-state index is -0.0691. The molecule has 1 aliphatic heterocycles. The second-order valence-electron chi connectivity index (χ2n) is 3.42. The first-order valence-electron chi connectivity index (χ1n) is 4.37. The van der Waals surface area contributed by atoms with Crippen LogP contribution in [-0.4, -0.2) is 6.54 Å². The Bertz CT molecular complexity index is 339. The Balaban J connectivity index is 0.000000980. The van der Waals surface area contributed by atoms with Crippen molar-refractivity contribution in [1.82, 2.24) is 5.32 Å². The van der Waals surface area contributed by atoms with Gasteiger partial charge < -0.3 is 5.32 Å². The average molecular weight is 281 g/mol. The molecule has 14 heavy (non-hydrogen) atoms. The van der Waals surface area contributed by atoms with Crippen LogP contribution in [0.15, 0.2) is 16.6 Å². The first kappa shape index (κ1) is 12.0. The van der Waals surface area contributed by atoms with Crippen molar-refractivity contribution in [1.29, 1.82) is 0 Å². The minimum Gasteiger partial charge on any atom is -0.310 e. The molecule has 0 saturated carbocycles. The fourth-order valence-corrected chi connectivity index (χ4v) is 2.15. The van der Waals surface area contributed by atoms with Gasteiger partial charge in [0.1, 0.15) is 5.82 Å². The van der Waals surface area contributed by atoms with E-state index in [9.17, 15) is 4.39 Å². The van der Waals surface area contributed by atoms with E-state index in [2.05, 4.69) is 21.2 Å². The minimum absolute atomic E-state index is 0. The van der Waals surface area contributed by atoms with E-state index in [-0.39, 0.29) is 24.3 Å². The zero-order chi connectivity index (χ0) is 9.42. The van der Waals surface area contributed by atoms with Gasteiger partial charge in [-0.2, -0.15) is 0 Å². The molecular formula is C10H12BrClFN. The second-order valence-corrected chi connectivity index (χ2v) is 4.34. The molecule has 78 valence electrons. The van der Waals surface area contributed by atoms with Crippen molar-refractivity contribution in [3.63, 3.8) is 0 Å². The first-order chi connectivity index (χ1) is 6.18. The maximum atomic E-state index is 13.6. The van der Waals surface area contributed by atoms with Gasteiger partial charge in [0.05, 0.1) is 0 Å². The van der Waals surface area contributed by atoms with Crippen LogP contribution in [0, 0.1) is 12.7 Å². The fraction of sp³-hybridized carbons (Fsp3) is 0.400. The highest BCUT2D eigenvalue weighted by Gasteiger charge is 2.22. The highest BCUT2D eigenvalue weighted by molar-refractivity contribution is 9.10. The van der Waals surface area contributed by atoms with Crippen LogP contribution in [0.4, 0.5) is 4.39 Å². The van der Waals surface area contributed by atoms with Crippen molar-refractivity contribution in [2.45, 2.75) is 19.4 Å². The molecule has 1 saturated heterocycles. The van der Waals surface area contributed by atoms with E-state index < -0.39 is 0 Å². The van der Waals surface area contributed by atoms with E-state index in [1.54, 1.807) is 13.0 Å². The Hall–Kier alpha value is -0.120. The van der Waals surface area contributed by atoms with Crippen molar-refractivity contribution in [2.24, 2.45) is 0 Å². The lowest BCUT2D eigenvalue weighted by atomic mass is 9.96. The molecule has 1 nitrogen and oxygen atoms in total. The molecule has 0 aromatic heterocycles. The smallest absolute Gasteiger partial charge is 0.130 e. The SMILES string of the molecule is Cc1cc(Br)cc([C@@H]2CCN2)c1F.Cl. The van der Waals surface area contributed by atoms with Crippen LogP contribution >= 0.6 is 28.3 Å². The maximum Gasteiger partial charge on any atom is 0.130 e. The summed E-state index contributed by atoms with van der Waals surface area (Å²) in [6.07, 6.45) is 1.03. The maximum absolute atomic E-state index is 13.6. The Labute approximate surface area is 97.6 Å². The molecule has 1 atom stereocenters. The second kappa shape index (κ2) is 4.60. The van der Waals surface area contributed by atoms with Crippen molar-refractivity contribution in [2.75, 3.05) is 6.54 Å². The molecule has 2 rings (SSSR count). The van der Waals surface area contributed by atoms with Crippen LogP contribution in [0.2, 0.25) is 0 Å². The summed E-state index contributed by atoms with van der Waals surface area (Å²) in [7, 11) is 0. The van der Waals surface area contributed by atoms with Crippen molar-refractivity contribution >= 4 is 28.3 Å². The summed E-state index contributed by atoms with van der Waals surface area (Å²) in [6.45, 7) is 2.79. The van der Waals surface area contributed by atoms with E-state index in [4.69, 9.17) is 0 Å². The molecule has 1 heterocycles. The first-order valence-corrected chi connectivity index (χ1v) is 5.16. The zero-order valence-corrected chi connectivity index (χ0v) is 10.2. The Morgan fingerprint density at radius 2 is 2.14 bits per heavy atom. The third-order valence-electron chi connectivity index (χ3n) is 2.45. The van der Waals surface area contributed by atoms with Crippen LogP contribution < -0.4 is 5.32 Å². The zero-order valence-electron chi connectivity index (χ0n) is 7.81. The van der Waals surface area contributed by atoms with Gasteiger partial charge in [0, 0.05) is 16.1 Å². The van der Waals surface area contributed by atoms with Gasteiger partial charge in [0.25, 0.3) is 0 Å². The highest BCUT2D eigenvalue weighted by atomic mass is 79.9. The van der Waals surface area contributed by atoms with Gasteiger partial charge in [-0.1, -0.05) is 15.9 Å². The molecule has 0 amide bonds. The molecule has 1 aromatic rings. The monoisotopic (exact) mass is 279 g/mol. The van der Waals surface area contributed by atoms with Gasteiger partial charge in [-0.15, -0.1) is 12.4 Å². The molecule has 1 aromatic carbocycles. The molecule has 0 radical (unpaired) electrons. The summed E-state index contributed by atoms with van der Waals surface area (Å²) in [5.74, 6) is -0.0691. The number of benzene rings is 1. The topological polar surface area (TPSA) is 12.0 Å². The normalized spacial score (nSPS) is 19.8. The highest BCUT2D eigenvalue weighted by Crippen LogP contribution is 2.29. The van der Waals surface area contributed by atoms with E-state index in [1.807, 2.05) is 6.07 Å². The van der Waals surface area contributed by atoms with Crippen LogP contribution in [0.3, 0.4) is 0 Å². The number of halogens is 3. The summed E-state index contributed by atoms with van der Waals surface area (Å²) >= 11 is 3.37. The molecular weight excluding hydrogens is 268 g/mol. The fourth-order valence-electron chi connectivity index (χ4n) is 1.56. The molecule has 0 unspecified atom stereocenters. The number of aryl methyl sites for hydroxylation is 1. The lowest BCUT2D eigenvalue weighted by Gasteiger charge is -2.28.